The van der Waals surface area contributed by atoms with Crippen molar-refractivity contribution in [2.24, 2.45) is 5.92 Å². The summed E-state index contributed by atoms with van der Waals surface area (Å²) in [6.45, 7) is 6.93. The van der Waals surface area contributed by atoms with Gasteiger partial charge < -0.3 is 9.80 Å². The molecule has 2 aliphatic rings. The summed E-state index contributed by atoms with van der Waals surface area (Å²) in [6.07, 6.45) is 3.32. The van der Waals surface area contributed by atoms with Crippen LogP contribution in [0.4, 0.5) is 4.39 Å². The predicted molar refractivity (Wildman–Crippen MR) is 118 cm³/mol. The van der Waals surface area contributed by atoms with E-state index in [0.29, 0.717) is 11.8 Å². The van der Waals surface area contributed by atoms with E-state index < -0.39 is 0 Å². The molecule has 2 fully saturated rings. The molecule has 2 aromatic rings. The average molecular weight is 459 g/mol. The van der Waals surface area contributed by atoms with Crippen LogP contribution in [0.5, 0.6) is 0 Å². The first kappa shape index (κ1) is 20.5. The Hall–Kier alpha value is -1.72. The minimum atomic E-state index is -0.163. The Kier molecular flexibility index (Phi) is 6.35. The van der Waals surface area contributed by atoms with Gasteiger partial charge in [-0.15, -0.1) is 0 Å². The Labute approximate surface area is 181 Å². The molecule has 2 heterocycles. The Morgan fingerprint density at radius 2 is 1.79 bits per heavy atom. The Morgan fingerprint density at radius 3 is 2.52 bits per heavy atom. The van der Waals surface area contributed by atoms with Crippen LogP contribution < -0.4 is 0 Å². The molecule has 29 heavy (non-hydrogen) atoms. The maximum absolute atomic E-state index is 13.1. The first-order valence-corrected chi connectivity index (χ1v) is 11.3. The lowest BCUT2D eigenvalue weighted by atomic mass is 9.89. The number of nitrogens with zero attached hydrogens (tertiary/aromatic N) is 2. The zero-order valence-corrected chi connectivity index (χ0v) is 18.5. The molecule has 0 aromatic heterocycles. The first-order valence-electron chi connectivity index (χ1n) is 10.5. The van der Waals surface area contributed by atoms with Crippen LogP contribution >= 0.6 is 15.9 Å². The van der Waals surface area contributed by atoms with Crippen LogP contribution in [0.3, 0.4) is 0 Å². The summed E-state index contributed by atoms with van der Waals surface area (Å²) in [4.78, 5) is 17.5. The maximum Gasteiger partial charge on any atom is 0.255 e. The van der Waals surface area contributed by atoms with E-state index >= 15 is 0 Å². The van der Waals surface area contributed by atoms with Gasteiger partial charge in [0.25, 0.3) is 5.91 Å². The van der Waals surface area contributed by atoms with Gasteiger partial charge in [-0.1, -0.05) is 24.3 Å². The number of piperidine rings is 1. The molecule has 2 aliphatic heterocycles. The lowest BCUT2D eigenvalue weighted by Gasteiger charge is -2.33. The van der Waals surface area contributed by atoms with E-state index in [4.69, 9.17) is 0 Å². The van der Waals surface area contributed by atoms with E-state index in [2.05, 4.69) is 20.8 Å². The molecule has 154 valence electrons. The number of benzene rings is 2. The zero-order valence-electron chi connectivity index (χ0n) is 16.9. The van der Waals surface area contributed by atoms with Crippen molar-refractivity contribution in [3.63, 3.8) is 0 Å². The molecule has 5 heteroatoms. The number of halogens is 2. The SMILES string of the molecule is Cc1cccc(C(=O)N2CCC(CN3CCC(c4ccc(F)cc4)CC3)C2)c1Br. The first-order chi connectivity index (χ1) is 14.0. The average Bonchev–Trinajstić information content (AvgIpc) is 3.19. The monoisotopic (exact) mass is 458 g/mol. The fourth-order valence-electron chi connectivity index (χ4n) is 4.70. The van der Waals surface area contributed by atoms with Crippen LogP contribution in [0.2, 0.25) is 0 Å². The molecule has 0 spiro atoms. The fraction of sp³-hybridized carbons (Fsp3) is 0.458. The van der Waals surface area contributed by atoms with E-state index in [-0.39, 0.29) is 11.7 Å². The molecule has 0 bridgehead atoms. The summed E-state index contributed by atoms with van der Waals surface area (Å²) < 4.78 is 14.1. The predicted octanol–water partition coefficient (Wildman–Crippen LogP) is 5.24. The van der Waals surface area contributed by atoms with E-state index in [1.807, 2.05) is 42.2 Å². The van der Waals surface area contributed by atoms with Crippen LogP contribution in [0, 0.1) is 18.7 Å². The Balaban J connectivity index is 1.28. The molecule has 2 aromatic carbocycles. The van der Waals surface area contributed by atoms with Gasteiger partial charge in [0.2, 0.25) is 0 Å². The highest BCUT2D eigenvalue weighted by Gasteiger charge is 2.30. The van der Waals surface area contributed by atoms with Gasteiger partial charge >= 0.3 is 0 Å². The number of amides is 1. The van der Waals surface area contributed by atoms with Crippen molar-refractivity contribution in [1.29, 1.82) is 0 Å². The molecule has 0 radical (unpaired) electrons. The van der Waals surface area contributed by atoms with Gasteiger partial charge in [0.1, 0.15) is 5.82 Å². The standard InChI is InChI=1S/C24H28BrFN2O/c1-17-3-2-4-22(23(17)25)24(29)28-14-9-18(16-28)15-27-12-10-20(11-13-27)19-5-7-21(26)8-6-19/h2-8,18,20H,9-16H2,1H3. The normalized spacial score (nSPS) is 20.9. The number of carbonyl (C=O) groups is 1. The third-order valence-electron chi connectivity index (χ3n) is 6.44. The number of hydrogen-bond donors (Lipinski definition) is 0. The molecule has 2 saturated heterocycles. The van der Waals surface area contributed by atoms with Gasteiger partial charge in [0.15, 0.2) is 0 Å². The van der Waals surface area contributed by atoms with E-state index in [1.165, 1.54) is 5.56 Å². The molecular formula is C24H28BrFN2O. The Bertz CT molecular complexity index is 862. The number of hydrogen-bond acceptors (Lipinski definition) is 2. The third kappa shape index (κ3) is 4.72. The van der Waals surface area contributed by atoms with Crippen molar-refractivity contribution >= 4 is 21.8 Å². The molecule has 0 N–H and O–H groups in total. The summed E-state index contributed by atoms with van der Waals surface area (Å²) in [5, 5.41) is 0. The van der Waals surface area contributed by atoms with Crippen LogP contribution in [0.25, 0.3) is 0 Å². The summed E-state index contributed by atoms with van der Waals surface area (Å²) in [5.74, 6) is 1.05. The van der Waals surface area contributed by atoms with Crippen molar-refractivity contribution in [2.45, 2.75) is 32.1 Å². The molecule has 1 atom stereocenters. The van der Waals surface area contributed by atoms with Crippen molar-refractivity contribution in [3.8, 4) is 0 Å². The van der Waals surface area contributed by atoms with Gasteiger partial charge in [0, 0.05) is 24.1 Å². The number of rotatable bonds is 4. The second-order valence-corrected chi connectivity index (χ2v) is 9.26. The minimum absolute atomic E-state index is 0.137. The topological polar surface area (TPSA) is 23.6 Å². The van der Waals surface area contributed by atoms with Gasteiger partial charge in [-0.2, -0.15) is 0 Å². The van der Waals surface area contributed by atoms with Gasteiger partial charge in [-0.05, 0) is 96.4 Å². The van der Waals surface area contributed by atoms with Crippen molar-refractivity contribution in [3.05, 3.63) is 69.4 Å². The van der Waals surface area contributed by atoms with E-state index in [1.54, 1.807) is 12.1 Å². The minimum Gasteiger partial charge on any atom is -0.338 e. The summed E-state index contributed by atoms with van der Waals surface area (Å²) in [7, 11) is 0. The van der Waals surface area contributed by atoms with Gasteiger partial charge in [0.05, 0.1) is 5.56 Å². The summed E-state index contributed by atoms with van der Waals surface area (Å²) >= 11 is 3.57. The lowest BCUT2D eigenvalue weighted by Crippen LogP contribution is -2.37. The molecule has 0 saturated carbocycles. The molecular weight excluding hydrogens is 431 g/mol. The maximum atomic E-state index is 13.1. The highest BCUT2D eigenvalue weighted by Crippen LogP contribution is 2.30. The molecule has 1 unspecified atom stereocenters. The smallest absolute Gasteiger partial charge is 0.255 e. The highest BCUT2D eigenvalue weighted by atomic mass is 79.9. The second kappa shape index (κ2) is 8.97. The van der Waals surface area contributed by atoms with Crippen LogP contribution in [-0.4, -0.2) is 48.4 Å². The van der Waals surface area contributed by atoms with Crippen LogP contribution in [0.15, 0.2) is 46.9 Å². The summed E-state index contributed by atoms with van der Waals surface area (Å²) in [5.41, 5.74) is 3.12. The number of likely N-dealkylation sites (tertiary alicyclic amines) is 2. The van der Waals surface area contributed by atoms with Gasteiger partial charge in [-0.25, -0.2) is 4.39 Å². The molecule has 3 nitrogen and oxygen atoms in total. The van der Waals surface area contributed by atoms with Gasteiger partial charge in [-0.3, -0.25) is 4.79 Å². The van der Waals surface area contributed by atoms with Crippen molar-refractivity contribution in [2.75, 3.05) is 32.7 Å². The highest BCUT2D eigenvalue weighted by molar-refractivity contribution is 9.10. The fourth-order valence-corrected chi connectivity index (χ4v) is 5.13. The molecule has 0 aliphatic carbocycles. The number of carbonyl (C=O) groups excluding carboxylic acids is 1. The lowest BCUT2D eigenvalue weighted by molar-refractivity contribution is 0.0781. The quantitative estimate of drug-likeness (QED) is 0.625. The largest absolute Gasteiger partial charge is 0.338 e. The Morgan fingerprint density at radius 1 is 1.07 bits per heavy atom. The second-order valence-electron chi connectivity index (χ2n) is 8.47. The van der Waals surface area contributed by atoms with Crippen molar-refractivity contribution in [1.82, 2.24) is 9.80 Å². The van der Waals surface area contributed by atoms with E-state index in [9.17, 15) is 9.18 Å². The number of aryl methyl sites for hydroxylation is 1. The third-order valence-corrected chi connectivity index (χ3v) is 7.49. The zero-order chi connectivity index (χ0) is 20.4. The van der Waals surface area contributed by atoms with Crippen LogP contribution in [0.1, 0.15) is 46.7 Å². The summed E-state index contributed by atoms with van der Waals surface area (Å²) in [6, 6.07) is 12.9. The van der Waals surface area contributed by atoms with Crippen LogP contribution in [-0.2, 0) is 0 Å². The molecule has 1 amide bonds. The molecule has 4 rings (SSSR count). The van der Waals surface area contributed by atoms with Crippen molar-refractivity contribution < 1.29 is 9.18 Å². The van der Waals surface area contributed by atoms with E-state index in [0.717, 1.165) is 67.6 Å².